The third-order valence-corrected chi connectivity index (χ3v) is 3.44. The van der Waals surface area contributed by atoms with Crippen molar-refractivity contribution in [1.29, 1.82) is 0 Å². The van der Waals surface area contributed by atoms with E-state index in [9.17, 15) is 0 Å². The van der Waals surface area contributed by atoms with Crippen LogP contribution in [-0.4, -0.2) is 28.8 Å². The molecular weight excluding hydrogens is 220 g/mol. The zero-order chi connectivity index (χ0) is 9.80. The molecule has 0 spiro atoms. The van der Waals surface area contributed by atoms with E-state index >= 15 is 0 Å². The Morgan fingerprint density at radius 2 is 2.29 bits per heavy atom. The van der Waals surface area contributed by atoms with Crippen molar-refractivity contribution >= 4 is 22.9 Å². The summed E-state index contributed by atoms with van der Waals surface area (Å²) < 4.78 is 5.54. The molecule has 0 radical (unpaired) electrons. The Morgan fingerprint density at radius 1 is 1.43 bits per heavy atom. The fourth-order valence-electron chi connectivity index (χ4n) is 1.55. The van der Waals surface area contributed by atoms with Gasteiger partial charge in [-0.2, -0.15) is 0 Å². The first kappa shape index (κ1) is 10.3. The van der Waals surface area contributed by atoms with Gasteiger partial charge in [-0.15, -0.1) is 33.1 Å². The third-order valence-electron chi connectivity index (χ3n) is 2.24. The molecule has 1 aromatic heterocycles. The van der Waals surface area contributed by atoms with Crippen molar-refractivity contribution in [3.8, 4) is 0 Å². The van der Waals surface area contributed by atoms with Crippen LogP contribution in [-0.2, 0) is 17.6 Å². The first-order valence-corrected chi connectivity index (χ1v) is 6.22. The van der Waals surface area contributed by atoms with Gasteiger partial charge in [0.25, 0.3) is 0 Å². The Hall–Kier alpha value is -0.190. The molecule has 0 bridgehead atoms. The average Bonchev–Trinajstić information content (AvgIpc) is 2.79. The fraction of sp³-hybridized carbons (Fsp3) is 0.778. The van der Waals surface area contributed by atoms with E-state index in [4.69, 9.17) is 16.3 Å². The van der Waals surface area contributed by atoms with Crippen molar-refractivity contribution < 1.29 is 4.74 Å². The van der Waals surface area contributed by atoms with Crippen LogP contribution in [0.3, 0.4) is 0 Å². The number of halogens is 1. The molecule has 1 aliphatic rings. The molecule has 1 aliphatic heterocycles. The second-order valence-corrected chi connectivity index (χ2v) is 4.89. The summed E-state index contributed by atoms with van der Waals surface area (Å²) in [7, 11) is 0. The average molecular weight is 233 g/mol. The standard InChI is InChI=1S/C9H13ClN2OS/c10-4-3-8-11-12-9(14-8)6-7-2-1-5-13-7/h7H,1-6H2. The molecular formula is C9H13ClN2OS. The molecule has 0 aliphatic carbocycles. The van der Waals surface area contributed by atoms with Gasteiger partial charge < -0.3 is 4.74 Å². The molecule has 2 heterocycles. The lowest BCUT2D eigenvalue weighted by atomic mass is 10.2. The van der Waals surface area contributed by atoms with E-state index in [2.05, 4.69) is 10.2 Å². The summed E-state index contributed by atoms with van der Waals surface area (Å²) in [6.07, 6.45) is 4.44. The number of nitrogens with zero attached hydrogens (tertiary/aromatic N) is 2. The van der Waals surface area contributed by atoms with E-state index in [1.165, 1.54) is 6.42 Å². The van der Waals surface area contributed by atoms with Crippen LogP contribution in [0.2, 0.25) is 0 Å². The first-order valence-electron chi connectivity index (χ1n) is 4.87. The number of hydrogen-bond acceptors (Lipinski definition) is 4. The Balaban J connectivity index is 1.88. The molecule has 1 fully saturated rings. The van der Waals surface area contributed by atoms with Gasteiger partial charge in [0.2, 0.25) is 0 Å². The second-order valence-electron chi connectivity index (χ2n) is 3.37. The van der Waals surface area contributed by atoms with Gasteiger partial charge >= 0.3 is 0 Å². The Kier molecular flexibility index (Phi) is 3.73. The van der Waals surface area contributed by atoms with E-state index in [1.807, 2.05) is 0 Å². The molecule has 2 rings (SSSR count). The van der Waals surface area contributed by atoms with Crippen LogP contribution in [0.25, 0.3) is 0 Å². The lowest BCUT2D eigenvalue weighted by molar-refractivity contribution is 0.111. The number of hydrogen-bond donors (Lipinski definition) is 0. The lowest BCUT2D eigenvalue weighted by Gasteiger charge is -2.04. The van der Waals surface area contributed by atoms with Gasteiger partial charge in [-0.05, 0) is 12.8 Å². The number of alkyl halides is 1. The quantitative estimate of drug-likeness (QED) is 0.746. The molecule has 78 valence electrons. The summed E-state index contributed by atoms with van der Waals surface area (Å²) in [5.74, 6) is 0.620. The maximum Gasteiger partial charge on any atom is 0.120 e. The summed E-state index contributed by atoms with van der Waals surface area (Å²) in [6.45, 7) is 0.901. The lowest BCUT2D eigenvalue weighted by Crippen LogP contribution is -2.08. The first-order chi connectivity index (χ1) is 6.88. The van der Waals surface area contributed by atoms with Gasteiger partial charge in [0, 0.05) is 25.3 Å². The third kappa shape index (κ3) is 2.65. The summed E-state index contributed by atoms with van der Waals surface area (Å²) >= 11 is 7.29. The van der Waals surface area contributed by atoms with Crippen molar-refractivity contribution in [3.63, 3.8) is 0 Å². The number of ether oxygens (including phenoxy) is 1. The van der Waals surface area contributed by atoms with Gasteiger partial charge in [0.1, 0.15) is 10.0 Å². The second kappa shape index (κ2) is 5.05. The highest BCUT2D eigenvalue weighted by atomic mass is 35.5. The summed E-state index contributed by atoms with van der Waals surface area (Å²) in [6, 6.07) is 0. The van der Waals surface area contributed by atoms with E-state index in [0.29, 0.717) is 12.0 Å². The normalized spacial score (nSPS) is 21.6. The topological polar surface area (TPSA) is 35.0 Å². The predicted octanol–water partition coefficient (Wildman–Crippen LogP) is 2.04. The minimum absolute atomic E-state index is 0.367. The van der Waals surface area contributed by atoms with Gasteiger partial charge in [0.15, 0.2) is 0 Å². The minimum atomic E-state index is 0.367. The highest BCUT2D eigenvalue weighted by Crippen LogP contribution is 2.19. The molecule has 0 N–H and O–H groups in total. The Morgan fingerprint density at radius 3 is 3.00 bits per heavy atom. The molecule has 14 heavy (non-hydrogen) atoms. The van der Waals surface area contributed by atoms with Gasteiger partial charge in [-0.25, -0.2) is 0 Å². The van der Waals surface area contributed by atoms with Gasteiger partial charge in [0.05, 0.1) is 6.10 Å². The van der Waals surface area contributed by atoms with E-state index < -0.39 is 0 Å². The van der Waals surface area contributed by atoms with Crippen LogP contribution in [0.15, 0.2) is 0 Å². The summed E-state index contributed by atoms with van der Waals surface area (Å²) in [4.78, 5) is 0. The fourth-order valence-corrected chi connectivity index (χ4v) is 2.75. The molecule has 0 aromatic carbocycles. The molecule has 0 saturated carbocycles. The van der Waals surface area contributed by atoms with Crippen LogP contribution in [0.5, 0.6) is 0 Å². The van der Waals surface area contributed by atoms with E-state index in [0.717, 1.165) is 35.9 Å². The molecule has 1 aromatic rings. The van der Waals surface area contributed by atoms with Crippen molar-refractivity contribution in [2.24, 2.45) is 0 Å². The number of rotatable bonds is 4. The molecule has 1 unspecified atom stereocenters. The van der Waals surface area contributed by atoms with Crippen LogP contribution < -0.4 is 0 Å². The van der Waals surface area contributed by atoms with Crippen LogP contribution >= 0.6 is 22.9 Å². The molecule has 5 heteroatoms. The maximum atomic E-state index is 5.63. The molecule has 3 nitrogen and oxygen atoms in total. The number of aryl methyl sites for hydroxylation is 1. The van der Waals surface area contributed by atoms with Gasteiger partial charge in [-0.1, -0.05) is 0 Å². The monoisotopic (exact) mass is 232 g/mol. The van der Waals surface area contributed by atoms with Crippen molar-refractivity contribution in [1.82, 2.24) is 10.2 Å². The van der Waals surface area contributed by atoms with Crippen LogP contribution in [0.1, 0.15) is 22.9 Å². The van der Waals surface area contributed by atoms with E-state index in [-0.39, 0.29) is 0 Å². The predicted molar refractivity (Wildman–Crippen MR) is 57.0 cm³/mol. The smallest absolute Gasteiger partial charge is 0.120 e. The highest BCUT2D eigenvalue weighted by Gasteiger charge is 2.17. The van der Waals surface area contributed by atoms with E-state index in [1.54, 1.807) is 11.3 Å². The van der Waals surface area contributed by atoms with Crippen molar-refractivity contribution in [2.45, 2.75) is 31.8 Å². The summed E-state index contributed by atoms with van der Waals surface area (Å²) in [5, 5.41) is 10.3. The number of aromatic nitrogens is 2. The highest BCUT2D eigenvalue weighted by molar-refractivity contribution is 7.11. The molecule has 1 saturated heterocycles. The van der Waals surface area contributed by atoms with Crippen LogP contribution in [0.4, 0.5) is 0 Å². The molecule has 1 atom stereocenters. The largest absolute Gasteiger partial charge is 0.378 e. The summed E-state index contributed by atoms with van der Waals surface area (Å²) in [5.41, 5.74) is 0. The van der Waals surface area contributed by atoms with Crippen molar-refractivity contribution in [3.05, 3.63) is 10.0 Å². The SMILES string of the molecule is ClCCc1nnc(CC2CCCO2)s1. The van der Waals surface area contributed by atoms with Crippen molar-refractivity contribution in [2.75, 3.05) is 12.5 Å². The van der Waals surface area contributed by atoms with Crippen LogP contribution in [0, 0.1) is 0 Å². The molecule has 0 amide bonds. The van der Waals surface area contributed by atoms with Gasteiger partial charge in [-0.3, -0.25) is 0 Å². The zero-order valence-corrected chi connectivity index (χ0v) is 9.48. The zero-order valence-electron chi connectivity index (χ0n) is 7.91. The maximum absolute atomic E-state index is 5.63. The Labute approximate surface area is 92.4 Å². The Bertz CT molecular complexity index is 286. The minimum Gasteiger partial charge on any atom is -0.378 e.